The van der Waals surface area contributed by atoms with Crippen LogP contribution in [-0.2, 0) is 9.59 Å². The topological polar surface area (TPSA) is 109 Å². The Hall–Kier alpha value is -1.96. The first-order chi connectivity index (χ1) is 8.65. The maximum absolute atomic E-state index is 11.4. The Morgan fingerprint density at radius 2 is 2.33 bits per heavy atom. The number of rotatable bonds is 4. The van der Waals surface area contributed by atoms with E-state index in [9.17, 15) is 9.59 Å². The van der Waals surface area contributed by atoms with Crippen LogP contribution in [-0.4, -0.2) is 35.1 Å². The number of carbonyl (C=O) groups excluding carboxylic acids is 2. The van der Waals surface area contributed by atoms with Crippen LogP contribution in [0.1, 0.15) is 31.7 Å². The molecule has 8 nitrogen and oxygen atoms in total. The van der Waals surface area contributed by atoms with Gasteiger partial charge in [-0.1, -0.05) is 5.10 Å². The van der Waals surface area contributed by atoms with E-state index in [1.165, 1.54) is 6.92 Å². The molecule has 1 atom stereocenters. The van der Waals surface area contributed by atoms with E-state index < -0.39 is 5.91 Å². The third-order valence-electron chi connectivity index (χ3n) is 2.54. The number of nitrogens with one attached hydrogen (secondary N) is 3. The minimum Gasteiger partial charge on any atom is -0.406 e. The molecule has 1 fully saturated rings. The Morgan fingerprint density at radius 3 is 3.00 bits per heavy atom. The van der Waals surface area contributed by atoms with Crippen molar-refractivity contribution in [2.24, 2.45) is 0 Å². The Balaban J connectivity index is 1.86. The zero-order chi connectivity index (χ0) is 13.0. The number of carbonyl (C=O) groups is 2. The van der Waals surface area contributed by atoms with Crippen LogP contribution in [0.25, 0.3) is 0 Å². The van der Waals surface area contributed by atoms with E-state index in [1.54, 1.807) is 0 Å². The van der Waals surface area contributed by atoms with Gasteiger partial charge in [-0.25, -0.2) is 0 Å². The summed E-state index contributed by atoms with van der Waals surface area (Å²) in [4.78, 5) is 22.0. The second kappa shape index (κ2) is 5.58. The van der Waals surface area contributed by atoms with Crippen molar-refractivity contribution in [3.05, 3.63) is 5.89 Å². The lowest BCUT2D eigenvalue weighted by molar-refractivity contribution is -0.122. The van der Waals surface area contributed by atoms with Gasteiger partial charge in [0, 0.05) is 6.92 Å². The number of aromatic nitrogens is 2. The summed E-state index contributed by atoms with van der Waals surface area (Å²) < 4.78 is 5.32. The minimum absolute atomic E-state index is 0.0500. The molecule has 0 radical (unpaired) electrons. The zero-order valence-corrected chi connectivity index (χ0v) is 10.0. The van der Waals surface area contributed by atoms with E-state index in [0.717, 1.165) is 19.4 Å². The van der Waals surface area contributed by atoms with Crippen molar-refractivity contribution in [2.75, 3.05) is 18.4 Å². The van der Waals surface area contributed by atoms with E-state index in [2.05, 4.69) is 26.1 Å². The molecule has 1 aliphatic heterocycles. The molecule has 1 aromatic rings. The van der Waals surface area contributed by atoms with E-state index >= 15 is 0 Å². The van der Waals surface area contributed by atoms with Gasteiger partial charge >= 0.3 is 6.01 Å². The maximum atomic E-state index is 11.4. The molecule has 8 heteroatoms. The van der Waals surface area contributed by atoms with E-state index in [1.807, 2.05) is 0 Å². The van der Waals surface area contributed by atoms with Crippen molar-refractivity contribution in [1.29, 1.82) is 0 Å². The van der Waals surface area contributed by atoms with Gasteiger partial charge in [0.25, 0.3) is 0 Å². The SMILES string of the molecule is CC(=O)NCC(=O)Nc1nnc(C2CCCN2)o1. The second-order valence-corrected chi connectivity index (χ2v) is 4.05. The monoisotopic (exact) mass is 253 g/mol. The number of hydrogen-bond acceptors (Lipinski definition) is 6. The van der Waals surface area contributed by atoms with Crippen LogP contribution in [0.3, 0.4) is 0 Å². The number of hydrogen-bond donors (Lipinski definition) is 3. The number of nitrogens with zero attached hydrogens (tertiary/aromatic N) is 2. The van der Waals surface area contributed by atoms with Crippen LogP contribution >= 0.6 is 0 Å². The lowest BCUT2D eigenvalue weighted by atomic mass is 10.2. The molecule has 2 amide bonds. The first-order valence-corrected chi connectivity index (χ1v) is 5.76. The van der Waals surface area contributed by atoms with E-state index in [0.29, 0.717) is 5.89 Å². The lowest BCUT2D eigenvalue weighted by Gasteiger charge is -2.03. The smallest absolute Gasteiger partial charge is 0.322 e. The van der Waals surface area contributed by atoms with Crippen molar-refractivity contribution >= 4 is 17.8 Å². The van der Waals surface area contributed by atoms with Crippen molar-refractivity contribution in [2.45, 2.75) is 25.8 Å². The Bertz CT molecular complexity index is 438. The molecular weight excluding hydrogens is 238 g/mol. The molecule has 1 saturated heterocycles. The van der Waals surface area contributed by atoms with Gasteiger partial charge in [0.05, 0.1) is 12.6 Å². The van der Waals surface area contributed by atoms with Crippen molar-refractivity contribution in [1.82, 2.24) is 20.8 Å². The highest BCUT2D eigenvalue weighted by atomic mass is 16.4. The van der Waals surface area contributed by atoms with Crippen LogP contribution in [0.2, 0.25) is 0 Å². The van der Waals surface area contributed by atoms with Gasteiger partial charge in [-0.3, -0.25) is 14.9 Å². The molecule has 2 rings (SSSR count). The average molecular weight is 253 g/mol. The zero-order valence-electron chi connectivity index (χ0n) is 10.0. The molecule has 1 aromatic heterocycles. The lowest BCUT2D eigenvalue weighted by Crippen LogP contribution is -2.31. The van der Waals surface area contributed by atoms with Gasteiger partial charge in [-0.05, 0) is 19.4 Å². The predicted octanol–water partition coefficient (Wildman–Crippen LogP) is -0.431. The molecule has 0 aliphatic carbocycles. The van der Waals surface area contributed by atoms with Gasteiger partial charge in [-0.2, -0.15) is 0 Å². The summed E-state index contributed by atoms with van der Waals surface area (Å²) in [7, 11) is 0. The fraction of sp³-hybridized carbons (Fsp3) is 0.600. The Labute approximate surface area is 104 Å². The van der Waals surface area contributed by atoms with Crippen LogP contribution in [0.4, 0.5) is 6.01 Å². The first-order valence-electron chi connectivity index (χ1n) is 5.76. The maximum Gasteiger partial charge on any atom is 0.322 e. The van der Waals surface area contributed by atoms with Crippen LogP contribution < -0.4 is 16.0 Å². The molecule has 98 valence electrons. The third kappa shape index (κ3) is 3.27. The molecule has 0 aromatic carbocycles. The second-order valence-electron chi connectivity index (χ2n) is 4.05. The number of anilines is 1. The van der Waals surface area contributed by atoms with Crippen molar-refractivity contribution in [3.63, 3.8) is 0 Å². The molecule has 0 spiro atoms. The average Bonchev–Trinajstić information content (AvgIpc) is 2.95. The number of amides is 2. The van der Waals surface area contributed by atoms with Crippen LogP contribution in [0.5, 0.6) is 0 Å². The molecule has 0 bridgehead atoms. The van der Waals surface area contributed by atoms with E-state index in [4.69, 9.17) is 4.42 Å². The Kier molecular flexibility index (Phi) is 3.88. The van der Waals surface area contributed by atoms with Gasteiger partial charge in [0.1, 0.15) is 0 Å². The highest BCUT2D eigenvalue weighted by Crippen LogP contribution is 2.22. The first kappa shape index (κ1) is 12.5. The molecule has 18 heavy (non-hydrogen) atoms. The quantitative estimate of drug-likeness (QED) is 0.671. The fourth-order valence-electron chi connectivity index (χ4n) is 1.69. The predicted molar refractivity (Wildman–Crippen MR) is 61.6 cm³/mol. The highest BCUT2D eigenvalue weighted by molar-refractivity contribution is 5.92. The normalized spacial score (nSPS) is 18.6. The summed E-state index contributed by atoms with van der Waals surface area (Å²) in [6.45, 7) is 2.15. The summed E-state index contributed by atoms with van der Waals surface area (Å²) in [6.07, 6.45) is 2.01. The van der Waals surface area contributed by atoms with Gasteiger partial charge in [0.15, 0.2) is 0 Å². The van der Waals surface area contributed by atoms with Gasteiger partial charge < -0.3 is 15.1 Å². The molecule has 0 saturated carbocycles. The molecule has 1 aliphatic rings. The van der Waals surface area contributed by atoms with Crippen molar-refractivity contribution < 1.29 is 14.0 Å². The van der Waals surface area contributed by atoms with Gasteiger partial charge in [0.2, 0.25) is 17.7 Å². The highest BCUT2D eigenvalue weighted by Gasteiger charge is 2.22. The summed E-state index contributed by atoms with van der Waals surface area (Å²) in [6, 6.07) is 0.118. The van der Waals surface area contributed by atoms with E-state index in [-0.39, 0.29) is 24.5 Å². The molecular formula is C10H15N5O3. The van der Waals surface area contributed by atoms with Crippen molar-refractivity contribution in [3.8, 4) is 0 Å². The summed E-state index contributed by atoms with van der Waals surface area (Å²) in [5.41, 5.74) is 0. The van der Waals surface area contributed by atoms with Crippen LogP contribution in [0, 0.1) is 0 Å². The largest absolute Gasteiger partial charge is 0.406 e. The summed E-state index contributed by atoms with van der Waals surface area (Å²) in [5, 5.41) is 15.6. The minimum atomic E-state index is -0.403. The Morgan fingerprint density at radius 1 is 1.50 bits per heavy atom. The molecule has 2 heterocycles. The third-order valence-corrected chi connectivity index (χ3v) is 2.54. The summed E-state index contributed by atoms with van der Waals surface area (Å²) in [5.74, 6) is -0.200. The molecule has 1 unspecified atom stereocenters. The van der Waals surface area contributed by atoms with Crippen LogP contribution in [0.15, 0.2) is 4.42 Å². The summed E-state index contributed by atoms with van der Waals surface area (Å²) >= 11 is 0. The molecule has 3 N–H and O–H groups in total. The fourth-order valence-corrected chi connectivity index (χ4v) is 1.69. The van der Waals surface area contributed by atoms with Gasteiger partial charge in [-0.15, -0.1) is 5.10 Å². The standard InChI is InChI=1S/C10H15N5O3/c1-6(16)12-5-8(17)13-10-15-14-9(18-10)7-3-2-4-11-7/h7,11H,2-5H2,1H3,(H,12,16)(H,13,15,17).